The lowest BCUT2D eigenvalue weighted by Gasteiger charge is -2.12. The van der Waals surface area contributed by atoms with Gasteiger partial charge in [0.25, 0.3) is 0 Å². The average molecular weight is 303 g/mol. The summed E-state index contributed by atoms with van der Waals surface area (Å²) >= 11 is 11.6. The van der Waals surface area contributed by atoms with Gasteiger partial charge in [0, 0.05) is 12.5 Å². The molecule has 0 aliphatic heterocycles. The van der Waals surface area contributed by atoms with E-state index in [0.717, 1.165) is 6.07 Å². The van der Waals surface area contributed by atoms with Crippen molar-refractivity contribution in [3.63, 3.8) is 0 Å². The van der Waals surface area contributed by atoms with Gasteiger partial charge in [-0.25, -0.2) is 8.78 Å². The van der Waals surface area contributed by atoms with Gasteiger partial charge in [-0.15, -0.1) is 0 Å². The van der Waals surface area contributed by atoms with Crippen molar-refractivity contribution in [1.29, 1.82) is 0 Å². The van der Waals surface area contributed by atoms with Gasteiger partial charge < -0.3 is 5.11 Å². The highest BCUT2D eigenvalue weighted by Crippen LogP contribution is 2.27. The lowest BCUT2D eigenvalue weighted by Crippen LogP contribution is -2.02. The van der Waals surface area contributed by atoms with E-state index in [1.165, 1.54) is 18.2 Å². The summed E-state index contributed by atoms with van der Waals surface area (Å²) in [5.74, 6) is -1.34. The van der Waals surface area contributed by atoms with Gasteiger partial charge >= 0.3 is 0 Å². The van der Waals surface area contributed by atoms with Gasteiger partial charge in [-0.1, -0.05) is 29.3 Å². The van der Waals surface area contributed by atoms with Crippen LogP contribution in [0.15, 0.2) is 36.4 Å². The Bertz CT molecular complexity index is 582. The van der Waals surface area contributed by atoms with Crippen LogP contribution in [0.5, 0.6) is 0 Å². The van der Waals surface area contributed by atoms with Gasteiger partial charge in [0.05, 0.1) is 16.1 Å². The SMILES string of the molecule is OC(Cc1cc(F)cc(F)c1)c1ccc(Cl)c(Cl)c1. The van der Waals surface area contributed by atoms with Crippen molar-refractivity contribution in [2.75, 3.05) is 0 Å². The minimum absolute atomic E-state index is 0.0899. The predicted molar refractivity (Wildman–Crippen MR) is 71.5 cm³/mol. The second kappa shape index (κ2) is 5.87. The van der Waals surface area contributed by atoms with E-state index in [-0.39, 0.29) is 6.42 Å². The topological polar surface area (TPSA) is 20.2 Å². The van der Waals surface area contributed by atoms with Crippen molar-refractivity contribution in [3.05, 3.63) is 69.2 Å². The van der Waals surface area contributed by atoms with Crippen LogP contribution in [0.2, 0.25) is 10.0 Å². The molecule has 2 aromatic rings. The Kier molecular flexibility index (Phi) is 4.40. The number of hydrogen-bond donors (Lipinski definition) is 1. The van der Waals surface area contributed by atoms with Crippen LogP contribution >= 0.6 is 23.2 Å². The predicted octanol–water partition coefficient (Wildman–Crippen LogP) is 4.55. The Hall–Kier alpha value is -1.16. The van der Waals surface area contributed by atoms with Crippen LogP contribution in [-0.4, -0.2) is 5.11 Å². The van der Waals surface area contributed by atoms with E-state index in [9.17, 15) is 13.9 Å². The molecule has 0 saturated carbocycles. The van der Waals surface area contributed by atoms with Crippen LogP contribution in [0.4, 0.5) is 8.78 Å². The quantitative estimate of drug-likeness (QED) is 0.882. The molecule has 19 heavy (non-hydrogen) atoms. The van der Waals surface area contributed by atoms with Crippen LogP contribution < -0.4 is 0 Å². The molecular formula is C14H10Cl2F2O. The van der Waals surface area contributed by atoms with Crippen molar-refractivity contribution < 1.29 is 13.9 Å². The second-order valence-electron chi connectivity index (χ2n) is 4.17. The summed E-state index contributed by atoms with van der Waals surface area (Å²) < 4.78 is 26.1. The van der Waals surface area contributed by atoms with E-state index in [0.29, 0.717) is 21.2 Å². The molecule has 100 valence electrons. The number of halogens is 4. The number of aliphatic hydroxyl groups excluding tert-OH is 1. The minimum atomic E-state index is -0.907. The highest BCUT2D eigenvalue weighted by atomic mass is 35.5. The van der Waals surface area contributed by atoms with Crippen LogP contribution in [0, 0.1) is 11.6 Å². The highest BCUT2D eigenvalue weighted by molar-refractivity contribution is 6.42. The zero-order valence-electron chi connectivity index (χ0n) is 9.71. The summed E-state index contributed by atoms with van der Waals surface area (Å²) in [5.41, 5.74) is 0.912. The first kappa shape index (κ1) is 14.3. The first-order chi connectivity index (χ1) is 8.95. The Balaban J connectivity index is 2.20. The molecule has 2 aromatic carbocycles. The van der Waals surface area contributed by atoms with Gasteiger partial charge in [0.15, 0.2) is 0 Å². The third-order valence-corrected chi connectivity index (χ3v) is 3.42. The molecule has 1 N–H and O–H groups in total. The monoisotopic (exact) mass is 302 g/mol. The van der Waals surface area contributed by atoms with Gasteiger partial charge in [-0.3, -0.25) is 0 Å². The van der Waals surface area contributed by atoms with E-state index >= 15 is 0 Å². The van der Waals surface area contributed by atoms with Crippen molar-refractivity contribution >= 4 is 23.2 Å². The fourth-order valence-electron chi connectivity index (χ4n) is 1.79. The minimum Gasteiger partial charge on any atom is -0.388 e. The smallest absolute Gasteiger partial charge is 0.126 e. The summed E-state index contributed by atoms with van der Waals surface area (Å²) in [7, 11) is 0. The number of aliphatic hydroxyl groups is 1. The maximum Gasteiger partial charge on any atom is 0.126 e. The van der Waals surface area contributed by atoms with E-state index in [1.807, 2.05) is 0 Å². The van der Waals surface area contributed by atoms with Gasteiger partial charge in [0.1, 0.15) is 11.6 Å². The molecule has 0 amide bonds. The van der Waals surface area contributed by atoms with Gasteiger partial charge in [-0.2, -0.15) is 0 Å². The first-order valence-corrected chi connectivity index (χ1v) is 6.29. The summed E-state index contributed by atoms with van der Waals surface area (Å²) in [6, 6.07) is 7.87. The van der Waals surface area contributed by atoms with Gasteiger partial charge in [-0.05, 0) is 35.4 Å². The molecule has 0 aliphatic rings. The Morgan fingerprint density at radius 1 is 0.947 bits per heavy atom. The summed E-state index contributed by atoms with van der Waals surface area (Å²) in [4.78, 5) is 0. The van der Waals surface area contributed by atoms with Crippen LogP contribution in [0.3, 0.4) is 0 Å². The average Bonchev–Trinajstić information content (AvgIpc) is 2.31. The van der Waals surface area contributed by atoms with Crippen molar-refractivity contribution in [2.24, 2.45) is 0 Å². The molecule has 1 nitrogen and oxygen atoms in total. The van der Waals surface area contributed by atoms with E-state index < -0.39 is 17.7 Å². The van der Waals surface area contributed by atoms with Crippen molar-refractivity contribution in [1.82, 2.24) is 0 Å². The van der Waals surface area contributed by atoms with E-state index in [2.05, 4.69) is 0 Å². The number of rotatable bonds is 3. The molecule has 0 saturated heterocycles. The molecule has 0 heterocycles. The standard InChI is InChI=1S/C14H10Cl2F2O/c15-12-2-1-9(6-13(12)16)14(19)5-8-3-10(17)7-11(18)4-8/h1-4,6-7,14,19H,5H2. The first-order valence-electron chi connectivity index (χ1n) is 5.53. The molecule has 2 rings (SSSR count). The molecule has 0 aliphatic carbocycles. The van der Waals surface area contributed by atoms with Crippen LogP contribution in [0.1, 0.15) is 17.2 Å². The third kappa shape index (κ3) is 3.66. The maximum atomic E-state index is 13.0. The fraction of sp³-hybridized carbons (Fsp3) is 0.143. The third-order valence-electron chi connectivity index (χ3n) is 2.68. The second-order valence-corrected chi connectivity index (χ2v) is 4.99. The maximum absolute atomic E-state index is 13.0. The molecule has 1 atom stereocenters. The largest absolute Gasteiger partial charge is 0.388 e. The lowest BCUT2D eigenvalue weighted by atomic mass is 10.0. The Morgan fingerprint density at radius 2 is 1.58 bits per heavy atom. The zero-order valence-corrected chi connectivity index (χ0v) is 11.2. The zero-order chi connectivity index (χ0) is 14.0. The summed E-state index contributed by atoms with van der Waals surface area (Å²) in [6.07, 6.45) is -0.817. The lowest BCUT2D eigenvalue weighted by molar-refractivity contribution is 0.178. The summed E-state index contributed by atoms with van der Waals surface area (Å²) in [5, 5.41) is 10.7. The molecule has 5 heteroatoms. The Morgan fingerprint density at radius 3 is 2.16 bits per heavy atom. The molecule has 1 unspecified atom stereocenters. The molecular weight excluding hydrogens is 293 g/mol. The Labute approximate surface area is 119 Å². The van der Waals surface area contributed by atoms with Crippen LogP contribution in [-0.2, 0) is 6.42 Å². The number of hydrogen-bond acceptors (Lipinski definition) is 1. The summed E-state index contributed by atoms with van der Waals surface area (Å²) in [6.45, 7) is 0. The molecule has 0 spiro atoms. The van der Waals surface area contributed by atoms with Crippen molar-refractivity contribution in [2.45, 2.75) is 12.5 Å². The molecule has 0 bridgehead atoms. The highest BCUT2D eigenvalue weighted by Gasteiger charge is 2.12. The van der Waals surface area contributed by atoms with Crippen molar-refractivity contribution in [3.8, 4) is 0 Å². The van der Waals surface area contributed by atoms with E-state index in [4.69, 9.17) is 23.2 Å². The molecule has 0 radical (unpaired) electrons. The van der Waals surface area contributed by atoms with E-state index in [1.54, 1.807) is 12.1 Å². The van der Waals surface area contributed by atoms with Crippen LogP contribution in [0.25, 0.3) is 0 Å². The van der Waals surface area contributed by atoms with Gasteiger partial charge in [0.2, 0.25) is 0 Å². The molecule has 0 fully saturated rings. The molecule has 0 aromatic heterocycles. The fourth-order valence-corrected chi connectivity index (χ4v) is 2.10. The normalized spacial score (nSPS) is 12.5. The number of benzene rings is 2.